The van der Waals surface area contributed by atoms with Crippen molar-refractivity contribution in [3.8, 4) is 0 Å². The molecule has 0 unspecified atom stereocenters. The van der Waals surface area contributed by atoms with E-state index in [4.69, 9.17) is 0 Å². The van der Waals surface area contributed by atoms with Gasteiger partial charge in [-0.1, -0.05) is 0 Å². The molecule has 0 saturated carbocycles. The summed E-state index contributed by atoms with van der Waals surface area (Å²) in [5, 5.41) is 6.73. The summed E-state index contributed by atoms with van der Waals surface area (Å²) in [6.07, 6.45) is 1.17. The van der Waals surface area contributed by atoms with Crippen LogP contribution in [-0.4, -0.2) is 26.2 Å². The summed E-state index contributed by atoms with van der Waals surface area (Å²) in [5.41, 5.74) is 1.26. The molecule has 3 rings (SSSR count). The first-order chi connectivity index (χ1) is 8.34. The minimum atomic E-state index is -0.150. The van der Waals surface area contributed by atoms with Crippen molar-refractivity contribution in [2.45, 2.75) is 6.42 Å². The van der Waals surface area contributed by atoms with Gasteiger partial charge in [-0.2, -0.15) is 0 Å². The number of nitrogens with zero attached hydrogens (tertiary/aromatic N) is 1. The number of thiophene rings is 1. The average molecular weight is 250 g/mol. The van der Waals surface area contributed by atoms with Crippen molar-refractivity contribution in [1.82, 2.24) is 5.32 Å². The molecule has 1 aromatic heterocycles. The van der Waals surface area contributed by atoms with Crippen molar-refractivity contribution in [1.29, 1.82) is 0 Å². The molecule has 0 radical (unpaired) electrons. The Balaban J connectivity index is 1.98. The van der Waals surface area contributed by atoms with E-state index in [9.17, 15) is 4.39 Å². The lowest BCUT2D eigenvalue weighted by molar-refractivity contribution is 0.630. The molecule has 1 aliphatic heterocycles. The van der Waals surface area contributed by atoms with Crippen molar-refractivity contribution in [2.75, 3.05) is 31.1 Å². The largest absolute Gasteiger partial charge is 0.369 e. The first-order valence-corrected chi connectivity index (χ1v) is 6.85. The third-order valence-electron chi connectivity index (χ3n) is 3.20. The van der Waals surface area contributed by atoms with Gasteiger partial charge in [0, 0.05) is 35.1 Å². The van der Waals surface area contributed by atoms with Crippen LogP contribution in [0.5, 0.6) is 0 Å². The van der Waals surface area contributed by atoms with Crippen LogP contribution in [-0.2, 0) is 0 Å². The Labute approximate surface area is 104 Å². The van der Waals surface area contributed by atoms with Gasteiger partial charge in [0.25, 0.3) is 0 Å². The van der Waals surface area contributed by atoms with E-state index in [0.717, 1.165) is 30.9 Å². The quantitative estimate of drug-likeness (QED) is 0.837. The Morgan fingerprint density at radius 1 is 1.24 bits per heavy atom. The zero-order valence-corrected chi connectivity index (χ0v) is 10.4. The second-order valence-corrected chi connectivity index (χ2v) is 5.26. The summed E-state index contributed by atoms with van der Waals surface area (Å²) in [4.78, 5) is 2.40. The van der Waals surface area contributed by atoms with E-state index in [2.05, 4.69) is 15.6 Å². The van der Waals surface area contributed by atoms with Gasteiger partial charge in [0.2, 0.25) is 0 Å². The molecule has 1 fully saturated rings. The number of benzene rings is 1. The van der Waals surface area contributed by atoms with Gasteiger partial charge < -0.3 is 10.2 Å². The van der Waals surface area contributed by atoms with Crippen molar-refractivity contribution < 1.29 is 4.39 Å². The number of hydrogen-bond donors (Lipinski definition) is 1. The minimum absolute atomic E-state index is 0.150. The van der Waals surface area contributed by atoms with Crippen molar-refractivity contribution >= 4 is 27.1 Å². The smallest absolute Gasteiger partial charge is 0.124 e. The minimum Gasteiger partial charge on any atom is -0.369 e. The second-order valence-electron chi connectivity index (χ2n) is 4.35. The number of hydrogen-bond acceptors (Lipinski definition) is 3. The van der Waals surface area contributed by atoms with E-state index in [1.165, 1.54) is 17.5 Å². The lowest BCUT2D eigenvalue weighted by atomic mass is 10.2. The van der Waals surface area contributed by atoms with Crippen LogP contribution in [0.3, 0.4) is 0 Å². The highest BCUT2D eigenvalue weighted by molar-refractivity contribution is 7.17. The van der Waals surface area contributed by atoms with Gasteiger partial charge in [-0.3, -0.25) is 0 Å². The number of halogens is 1. The molecule has 2 nitrogen and oxygen atoms in total. The molecule has 1 aromatic carbocycles. The molecule has 17 heavy (non-hydrogen) atoms. The number of anilines is 1. The Hall–Kier alpha value is -1.13. The Bertz CT molecular complexity index is 515. The van der Waals surface area contributed by atoms with E-state index in [-0.39, 0.29) is 5.82 Å². The Morgan fingerprint density at radius 3 is 3.12 bits per heavy atom. The summed E-state index contributed by atoms with van der Waals surface area (Å²) in [6, 6.07) is 5.07. The summed E-state index contributed by atoms with van der Waals surface area (Å²) < 4.78 is 14.2. The SMILES string of the molecule is Fc1ccc2c(N3CCCNCC3)csc2c1. The molecule has 0 spiro atoms. The van der Waals surface area contributed by atoms with Crippen LogP contribution in [0.1, 0.15) is 6.42 Å². The van der Waals surface area contributed by atoms with Gasteiger partial charge in [0.1, 0.15) is 5.82 Å². The van der Waals surface area contributed by atoms with E-state index in [1.807, 2.05) is 6.07 Å². The number of fused-ring (bicyclic) bond motifs is 1. The first-order valence-electron chi connectivity index (χ1n) is 5.97. The highest BCUT2D eigenvalue weighted by Crippen LogP contribution is 2.33. The first kappa shape index (κ1) is 11.0. The van der Waals surface area contributed by atoms with Crippen LogP contribution < -0.4 is 10.2 Å². The van der Waals surface area contributed by atoms with Gasteiger partial charge in [-0.15, -0.1) is 11.3 Å². The maximum atomic E-state index is 13.1. The maximum absolute atomic E-state index is 13.1. The van der Waals surface area contributed by atoms with Crippen LogP contribution in [0.2, 0.25) is 0 Å². The van der Waals surface area contributed by atoms with Gasteiger partial charge >= 0.3 is 0 Å². The maximum Gasteiger partial charge on any atom is 0.124 e. The Kier molecular flexibility index (Phi) is 2.99. The van der Waals surface area contributed by atoms with Crippen LogP contribution in [0.25, 0.3) is 10.1 Å². The van der Waals surface area contributed by atoms with Gasteiger partial charge in [0.05, 0.1) is 5.69 Å². The van der Waals surface area contributed by atoms with E-state index in [1.54, 1.807) is 23.5 Å². The molecular formula is C13H15FN2S. The summed E-state index contributed by atoms with van der Waals surface area (Å²) in [7, 11) is 0. The van der Waals surface area contributed by atoms with Crippen LogP contribution in [0, 0.1) is 5.82 Å². The summed E-state index contributed by atoms with van der Waals surface area (Å²) in [5.74, 6) is -0.150. The van der Waals surface area contributed by atoms with E-state index in [0.29, 0.717) is 0 Å². The second kappa shape index (κ2) is 4.63. The lowest BCUT2D eigenvalue weighted by Crippen LogP contribution is -2.27. The monoisotopic (exact) mass is 250 g/mol. The molecule has 2 aromatic rings. The van der Waals surface area contributed by atoms with Gasteiger partial charge in [0.15, 0.2) is 0 Å². The zero-order chi connectivity index (χ0) is 11.7. The van der Waals surface area contributed by atoms with E-state index >= 15 is 0 Å². The average Bonchev–Trinajstić information content (AvgIpc) is 2.57. The van der Waals surface area contributed by atoms with Crippen molar-refractivity contribution in [3.63, 3.8) is 0 Å². The normalized spacial score (nSPS) is 17.4. The Morgan fingerprint density at radius 2 is 2.18 bits per heavy atom. The zero-order valence-electron chi connectivity index (χ0n) is 9.58. The van der Waals surface area contributed by atoms with Crippen LogP contribution in [0.4, 0.5) is 10.1 Å². The molecular weight excluding hydrogens is 235 g/mol. The van der Waals surface area contributed by atoms with Crippen LogP contribution >= 0.6 is 11.3 Å². The molecule has 4 heteroatoms. The molecule has 1 N–H and O–H groups in total. The lowest BCUT2D eigenvalue weighted by Gasteiger charge is -2.21. The predicted molar refractivity (Wildman–Crippen MR) is 71.5 cm³/mol. The van der Waals surface area contributed by atoms with Crippen LogP contribution in [0.15, 0.2) is 23.6 Å². The predicted octanol–water partition coefficient (Wildman–Crippen LogP) is 2.84. The molecule has 0 aliphatic carbocycles. The molecule has 1 aliphatic rings. The summed E-state index contributed by atoms with van der Waals surface area (Å²) >= 11 is 1.63. The molecule has 2 heterocycles. The third kappa shape index (κ3) is 2.15. The number of nitrogens with one attached hydrogen (secondary N) is 1. The fraction of sp³-hybridized carbons (Fsp3) is 0.385. The summed E-state index contributed by atoms with van der Waals surface area (Å²) in [6.45, 7) is 4.23. The van der Waals surface area contributed by atoms with Crippen molar-refractivity contribution in [2.24, 2.45) is 0 Å². The highest BCUT2D eigenvalue weighted by atomic mass is 32.1. The third-order valence-corrected chi connectivity index (χ3v) is 4.13. The van der Waals surface area contributed by atoms with Gasteiger partial charge in [-0.05, 0) is 31.2 Å². The van der Waals surface area contributed by atoms with E-state index < -0.39 is 0 Å². The topological polar surface area (TPSA) is 15.3 Å². The fourth-order valence-corrected chi connectivity index (χ4v) is 3.31. The molecule has 0 bridgehead atoms. The molecule has 0 amide bonds. The van der Waals surface area contributed by atoms with Gasteiger partial charge in [-0.25, -0.2) is 4.39 Å². The fourth-order valence-electron chi connectivity index (χ4n) is 2.32. The molecule has 90 valence electrons. The highest BCUT2D eigenvalue weighted by Gasteiger charge is 2.13. The molecule has 0 atom stereocenters. The standard InChI is InChI=1S/C13H15FN2S/c14-10-2-3-11-12(9-17-13(11)8-10)16-6-1-4-15-5-7-16/h2-3,8-9,15H,1,4-7H2. The number of rotatable bonds is 1. The van der Waals surface area contributed by atoms with Crippen molar-refractivity contribution in [3.05, 3.63) is 29.4 Å². The molecule has 1 saturated heterocycles.